The number of ether oxygens (including phenoxy) is 2. The average Bonchev–Trinajstić information content (AvgIpc) is 3.12. The minimum atomic E-state index is -0.109. The Morgan fingerprint density at radius 1 is 0.821 bits per heavy atom. The van der Waals surface area contributed by atoms with Crippen molar-refractivity contribution in [1.29, 1.82) is 0 Å². The SMILES string of the molecule is COc1ccccc1-c1nc(C)oc1C1c2ccccc2Oc2ccccc21. The third-order valence-electron chi connectivity index (χ3n) is 5.06. The van der Waals surface area contributed by atoms with E-state index in [2.05, 4.69) is 12.1 Å². The van der Waals surface area contributed by atoms with Gasteiger partial charge in [0, 0.05) is 23.6 Å². The molecule has 1 aliphatic heterocycles. The van der Waals surface area contributed by atoms with E-state index < -0.39 is 0 Å². The monoisotopic (exact) mass is 369 g/mol. The first-order chi connectivity index (χ1) is 13.8. The fraction of sp³-hybridized carbons (Fsp3) is 0.125. The van der Waals surface area contributed by atoms with Crippen molar-refractivity contribution in [2.45, 2.75) is 12.8 Å². The van der Waals surface area contributed by atoms with Crippen molar-refractivity contribution in [3.63, 3.8) is 0 Å². The van der Waals surface area contributed by atoms with Gasteiger partial charge in [-0.1, -0.05) is 48.5 Å². The zero-order valence-corrected chi connectivity index (χ0v) is 15.7. The summed E-state index contributed by atoms with van der Waals surface area (Å²) in [6, 6.07) is 24.0. The standard InChI is InChI=1S/C24H19NO3/c1-15-25-23(18-11-5-6-12-19(18)26-2)24(27-15)22-16-9-3-7-13-20(16)28-21-14-8-4-10-17(21)22/h3-14,22H,1-2H3. The Bertz CT molecular complexity index is 1120. The molecule has 1 aromatic heterocycles. The smallest absolute Gasteiger partial charge is 0.191 e. The molecule has 0 spiro atoms. The Labute approximate surface area is 163 Å². The number of hydrogen-bond acceptors (Lipinski definition) is 4. The van der Waals surface area contributed by atoms with E-state index >= 15 is 0 Å². The third-order valence-corrected chi connectivity index (χ3v) is 5.06. The molecule has 0 unspecified atom stereocenters. The van der Waals surface area contributed by atoms with Crippen LogP contribution in [0.2, 0.25) is 0 Å². The van der Waals surface area contributed by atoms with Crippen LogP contribution in [0, 0.1) is 6.92 Å². The fourth-order valence-electron chi connectivity index (χ4n) is 3.86. The molecular formula is C24H19NO3. The van der Waals surface area contributed by atoms with Crippen molar-refractivity contribution >= 4 is 0 Å². The van der Waals surface area contributed by atoms with Crippen LogP contribution in [0.15, 0.2) is 77.2 Å². The number of para-hydroxylation sites is 3. The highest BCUT2D eigenvalue weighted by Gasteiger charge is 2.34. The lowest BCUT2D eigenvalue weighted by atomic mass is 9.84. The number of benzene rings is 3. The molecule has 0 N–H and O–H groups in total. The molecular weight excluding hydrogens is 350 g/mol. The van der Waals surface area contributed by atoms with Crippen LogP contribution < -0.4 is 9.47 Å². The second kappa shape index (κ2) is 6.57. The summed E-state index contributed by atoms with van der Waals surface area (Å²) in [6.07, 6.45) is 0. The fourth-order valence-corrected chi connectivity index (χ4v) is 3.86. The zero-order valence-electron chi connectivity index (χ0n) is 15.7. The largest absolute Gasteiger partial charge is 0.496 e. The first-order valence-corrected chi connectivity index (χ1v) is 9.22. The second-order valence-corrected chi connectivity index (χ2v) is 6.76. The number of oxazole rings is 1. The first-order valence-electron chi connectivity index (χ1n) is 9.22. The lowest BCUT2D eigenvalue weighted by molar-refractivity contribution is 0.415. The highest BCUT2D eigenvalue weighted by atomic mass is 16.5. The summed E-state index contributed by atoms with van der Waals surface area (Å²) in [5.41, 5.74) is 3.84. The van der Waals surface area contributed by atoms with Crippen LogP contribution in [0.25, 0.3) is 11.3 Å². The summed E-state index contributed by atoms with van der Waals surface area (Å²) < 4.78 is 17.9. The number of nitrogens with zero attached hydrogens (tertiary/aromatic N) is 1. The Hall–Kier alpha value is -3.53. The van der Waals surface area contributed by atoms with Gasteiger partial charge in [-0.2, -0.15) is 0 Å². The molecule has 0 saturated heterocycles. The molecule has 0 fully saturated rings. The van der Waals surface area contributed by atoms with E-state index in [0.717, 1.165) is 45.4 Å². The maximum Gasteiger partial charge on any atom is 0.191 e. The normalized spacial score (nSPS) is 12.8. The maximum absolute atomic E-state index is 6.20. The molecule has 28 heavy (non-hydrogen) atoms. The highest BCUT2D eigenvalue weighted by molar-refractivity contribution is 5.72. The van der Waals surface area contributed by atoms with Crippen LogP contribution >= 0.6 is 0 Å². The summed E-state index contributed by atoms with van der Waals surface area (Å²) in [5.74, 6) is 3.76. The minimum absolute atomic E-state index is 0.109. The van der Waals surface area contributed by atoms with Gasteiger partial charge in [0.15, 0.2) is 5.89 Å². The van der Waals surface area contributed by atoms with E-state index in [4.69, 9.17) is 18.9 Å². The molecule has 3 aromatic carbocycles. The van der Waals surface area contributed by atoms with E-state index in [1.54, 1.807) is 7.11 Å². The second-order valence-electron chi connectivity index (χ2n) is 6.76. The van der Waals surface area contributed by atoms with Gasteiger partial charge >= 0.3 is 0 Å². The van der Waals surface area contributed by atoms with E-state index in [9.17, 15) is 0 Å². The van der Waals surface area contributed by atoms with E-state index in [1.165, 1.54) is 0 Å². The van der Waals surface area contributed by atoms with Crippen molar-refractivity contribution in [2.75, 3.05) is 7.11 Å². The van der Waals surface area contributed by atoms with Gasteiger partial charge in [-0.3, -0.25) is 0 Å². The number of aryl methyl sites for hydroxylation is 1. The number of methoxy groups -OCH3 is 1. The summed E-state index contributed by atoms with van der Waals surface area (Å²) >= 11 is 0. The Kier molecular flexibility index (Phi) is 3.90. The van der Waals surface area contributed by atoms with E-state index in [1.807, 2.05) is 67.6 Å². The topological polar surface area (TPSA) is 44.5 Å². The maximum atomic E-state index is 6.20. The molecule has 2 heterocycles. The van der Waals surface area contributed by atoms with Crippen molar-refractivity contribution in [2.24, 2.45) is 0 Å². The van der Waals surface area contributed by atoms with Gasteiger partial charge in [-0.05, 0) is 24.3 Å². The lowest BCUT2D eigenvalue weighted by Crippen LogP contribution is -2.11. The van der Waals surface area contributed by atoms with Crippen LogP contribution in [0.1, 0.15) is 28.7 Å². The Balaban J connectivity index is 1.78. The molecule has 0 saturated carbocycles. The molecule has 0 bridgehead atoms. The molecule has 4 aromatic rings. The Morgan fingerprint density at radius 2 is 1.43 bits per heavy atom. The van der Waals surface area contributed by atoms with Gasteiger partial charge in [0.1, 0.15) is 28.7 Å². The lowest BCUT2D eigenvalue weighted by Gasteiger charge is -2.27. The van der Waals surface area contributed by atoms with Crippen LogP contribution in [-0.2, 0) is 0 Å². The zero-order chi connectivity index (χ0) is 19.1. The highest BCUT2D eigenvalue weighted by Crippen LogP contribution is 2.49. The quantitative estimate of drug-likeness (QED) is 0.394. The van der Waals surface area contributed by atoms with Crippen molar-refractivity contribution in [1.82, 2.24) is 4.98 Å². The Morgan fingerprint density at radius 3 is 2.11 bits per heavy atom. The van der Waals surface area contributed by atoms with Crippen LogP contribution in [-0.4, -0.2) is 12.1 Å². The summed E-state index contributed by atoms with van der Waals surface area (Å²) in [4.78, 5) is 4.72. The van der Waals surface area contributed by atoms with Gasteiger partial charge in [0.25, 0.3) is 0 Å². The van der Waals surface area contributed by atoms with Crippen molar-refractivity contribution < 1.29 is 13.9 Å². The third kappa shape index (κ3) is 2.57. The molecule has 4 heteroatoms. The summed E-state index contributed by atoms with van der Waals surface area (Å²) in [6.45, 7) is 1.87. The van der Waals surface area contributed by atoms with Crippen LogP contribution in [0.4, 0.5) is 0 Å². The van der Waals surface area contributed by atoms with Crippen molar-refractivity contribution in [3.05, 3.63) is 95.6 Å². The van der Waals surface area contributed by atoms with E-state index in [-0.39, 0.29) is 5.92 Å². The predicted octanol–water partition coefficient (Wildman–Crippen LogP) is 5.94. The number of hydrogen-bond donors (Lipinski definition) is 0. The van der Waals surface area contributed by atoms with Gasteiger partial charge in [0.05, 0.1) is 13.0 Å². The first kappa shape index (κ1) is 16.6. The molecule has 0 aliphatic carbocycles. The number of rotatable bonds is 3. The van der Waals surface area contributed by atoms with Crippen LogP contribution in [0.5, 0.6) is 17.2 Å². The molecule has 138 valence electrons. The van der Waals surface area contributed by atoms with Gasteiger partial charge in [-0.25, -0.2) is 4.98 Å². The van der Waals surface area contributed by atoms with Gasteiger partial charge in [0.2, 0.25) is 0 Å². The molecule has 5 rings (SSSR count). The molecule has 1 aliphatic rings. The predicted molar refractivity (Wildman–Crippen MR) is 107 cm³/mol. The molecule has 0 radical (unpaired) electrons. The van der Waals surface area contributed by atoms with Gasteiger partial charge < -0.3 is 13.9 Å². The minimum Gasteiger partial charge on any atom is -0.496 e. The number of fused-ring (bicyclic) bond motifs is 2. The summed E-state index contributed by atoms with van der Waals surface area (Å²) in [5, 5.41) is 0. The van der Waals surface area contributed by atoms with Crippen molar-refractivity contribution in [3.8, 4) is 28.5 Å². The molecule has 0 atom stereocenters. The van der Waals surface area contributed by atoms with Crippen LogP contribution in [0.3, 0.4) is 0 Å². The number of aromatic nitrogens is 1. The molecule has 0 amide bonds. The molecule has 4 nitrogen and oxygen atoms in total. The summed E-state index contributed by atoms with van der Waals surface area (Å²) in [7, 11) is 1.67. The van der Waals surface area contributed by atoms with E-state index in [0.29, 0.717) is 5.89 Å². The average molecular weight is 369 g/mol. The van der Waals surface area contributed by atoms with Gasteiger partial charge in [-0.15, -0.1) is 0 Å².